The van der Waals surface area contributed by atoms with Gasteiger partial charge in [-0.25, -0.2) is 4.98 Å². The predicted molar refractivity (Wildman–Crippen MR) is 109 cm³/mol. The van der Waals surface area contributed by atoms with Gasteiger partial charge in [-0.15, -0.1) is 0 Å². The molecule has 1 aromatic carbocycles. The second-order valence-corrected chi connectivity index (χ2v) is 7.37. The van der Waals surface area contributed by atoms with Crippen LogP contribution in [0.15, 0.2) is 48.7 Å². The summed E-state index contributed by atoms with van der Waals surface area (Å²) >= 11 is 0. The Hall–Kier alpha value is -3.15. The number of hydrogen-bond acceptors (Lipinski definition) is 3. The van der Waals surface area contributed by atoms with E-state index in [1.165, 1.54) is 6.42 Å². The molecule has 2 N–H and O–H groups in total. The molecule has 0 bridgehead atoms. The molecule has 0 aliphatic heterocycles. The van der Waals surface area contributed by atoms with Crippen LogP contribution >= 0.6 is 0 Å². The van der Waals surface area contributed by atoms with E-state index in [1.54, 1.807) is 28.7 Å². The molecule has 1 saturated carbocycles. The van der Waals surface area contributed by atoms with E-state index in [0.29, 0.717) is 16.9 Å². The highest BCUT2D eigenvalue weighted by atomic mass is 16.2. The predicted octanol–water partition coefficient (Wildman–Crippen LogP) is 3.96. The summed E-state index contributed by atoms with van der Waals surface area (Å²) in [7, 11) is 0. The fourth-order valence-corrected chi connectivity index (χ4v) is 3.72. The number of anilines is 1. The molecule has 0 saturated heterocycles. The van der Waals surface area contributed by atoms with Crippen LogP contribution in [0.2, 0.25) is 0 Å². The average Bonchev–Trinajstić information content (AvgIpc) is 3.06. The Kier molecular flexibility index (Phi) is 5.10. The van der Waals surface area contributed by atoms with Gasteiger partial charge in [0.2, 0.25) is 0 Å². The molecular weight excluding hydrogens is 352 g/mol. The highest BCUT2D eigenvalue weighted by Gasteiger charge is 2.24. The number of amides is 2. The number of aromatic nitrogens is 2. The van der Waals surface area contributed by atoms with E-state index >= 15 is 0 Å². The number of carbonyl (C=O) groups excluding carboxylic acids is 2. The van der Waals surface area contributed by atoms with Crippen LogP contribution in [-0.2, 0) is 0 Å². The van der Waals surface area contributed by atoms with Gasteiger partial charge in [0.25, 0.3) is 11.8 Å². The van der Waals surface area contributed by atoms with Crippen LogP contribution in [0, 0.1) is 6.92 Å². The molecule has 2 aromatic heterocycles. The Morgan fingerprint density at radius 2 is 1.75 bits per heavy atom. The van der Waals surface area contributed by atoms with Gasteiger partial charge in [0.05, 0.1) is 0 Å². The van der Waals surface area contributed by atoms with Gasteiger partial charge in [-0.1, -0.05) is 43.5 Å². The number of imidazole rings is 1. The molecule has 3 aromatic rings. The lowest BCUT2D eigenvalue weighted by atomic mass is 9.95. The van der Waals surface area contributed by atoms with Crippen molar-refractivity contribution in [3.05, 3.63) is 65.5 Å². The fraction of sp³-hybridized carbons (Fsp3) is 0.318. The van der Waals surface area contributed by atoms with Crippen molar-refractivity contribution in [1.82, 2.24) is 14.7 Å². The molecule has 6 heteroatoms. The Bertz CT molecular complexity index is 1000. The molecule has 144 valence electrons. The maximum atomic E-state index is 13.1. The fourth-order valence-electron chi connectivity index (χ4n) is 3.72. The van der Waals surface area contributed by atoms with Gasteiger partial charge >= 0.3 is 0 Å². The van der Waals surface area contributed by atoms with Crippen LogP contribution < -0.4 is 10.6 Å². The van der Waals surface area contributed by atoms with Crippen molar-refractivity contribution in [3.8, 4) is 0 Å². The third kappa shape index (κ3) is 3.76. The minimum absolute atomic E-state index is 0.175. The smallest absolute Gasteiger partial charge is 0.272 e. The van der Waals surface area contributed by atoms with Crippen LogP contribution in [0.4, 0.5) is 5.82 Å². The summed E-state index contributed by atoms with van der Waals surface area (Å²) in [5.74, 6) is -0.200. The highest BCUT2D eigenvalue weighted by molar-refractivity contribution is 6.08. The lowest BCUT2D eigenvalue weighted by Gasteiger charge is -2.22. The first-order valence-electron chi connectivity index (χ1n) is 9.78. The minimum atomic E-state index is -0.285. The zero-order chi connectivity index (χ0) is 19.5. The third-order valence-corrected chi connectivity index (χ3v) is 5.19. The van der Waals surface area contributed by atoms with Gasteiger partial charge < -0.3 is 10.6 Å². The second kappa shape index (κ2) is 7.84. The van der Waals surface area contributed by atoms with Crippen LogP contribution in [0.3, 0.4) is 0 Å². The molecular formula is C22H24N4O2. The molecule has 2 amide bonds. The van der Waals surface area contributed by atoms with Gasteiger partial charge in [-0.05, 0) is 43.5 Å². The lowest BCUT2D eigenvalue weighted by Crippen LogP contribution is -2.37. The molecule has 1 fully saturated rings. The van der Waals surface area contributed by atoms with Gasteiger partial charge in [-0.3, -0.25) is 14.0 Å². The SMILES string of the molecule is Cc1ccc2nc(NC(=O)c3ccccc3)c(C(=O)NC3CCCCC3)n2c1. The molecule has 6 nitrogen and oxygen atoms in total. The van der Waals surface area contributed by atoms with E-state index in [9.17, 15) is 9.59 Å². The second-order valence-electron chi connectivity index (χ2n) is 7.37. The Balaban J connectivity index is 1.68. The highest BCUT2D eigenvalue weighted by Crippen LogP contribution is 2.22. The largest absolute Gasteiger partial charge is 0.348 e. The van der Waals surface area contributed by atoms with Crippen molar-refractivity contribution in [2.75, 3.05) is 5.32 Å². The standard InChI is InChI=1S/C22H24N4O2/c1-15-12-13-18-24-20(25-21(27)16-8-4-2-5-9-16)19(26(18)14-15)22(28)23-17-10-6-3-7-11-17/h2,4-5,8-9,12-14,17H,3,6-7,10-11H2,1H3,(H,23,28)(H,25,27). The Morgan fingerprint density at radius 1 is 1.00 bits per heavy atom. The number of aryl methyl sites for hydroxylation is 1. The van der Waals surface area contributed by atoms with Crippen molar-refractivity contribution in [1.29, 1.82) is 0 Å². The van der Waals surface area contributed by atoms with Crippen molar-refractivity contribution in [3.63, 3.8) is 0 Å². The van der Waals surface area contributed by atoms with Gasteiger partial charge in [0.15, 0.2) is 11.5 Å². The zero-order valence-corrected chi connectivity index (χ0v) is 15.9. The Morgan fingerprint density at radius 3 is 2.50 bits per heavy atom. The van der Waals surface area contributed by atoms with Crippen molar-refractivity contribution >= 4 is 23.3 Å². The molecule has 0 radical (unpaired) electrons. The maximum Gasteiger partial charge on any atom is 0.272 e. The quantitative estimate of drug-likeness (QED) is 0.724. The van der Waals surface area contributed by atoms with E-state index in [1.807, 2.05) is 31.3 Å². The van der Waals surface area contributed by atoms with Gasteiger partial charge in [0, 0.05) is 17.8 Å². The summed E-state index contributed by atoms with van der Waals surface area (Å²) < 4.78 is 1.76. The van der Waals surface area contributed by atoms with Crippen molar-refractivity contribution < 1.29 is 9.59 Å². The van der Waals surface area contributed by atoms with Gasteiger partial charge in [-0.2, -0.15) is 0 Å². The third-order valence-electron chi connectivity index (χ3n) is 5.19. The topological polar surface area (TPSA) is 75.5 Å². The minimum Gasteiger partial charge on any atom is -0.348 e. The monoisotopic (exact) mass is 376 g/mol. The number of hydrogen-bond donors (Lipinski definition) is 2. The number of benzene rings is 1. The molecule has 1 aliphatic carbocycles. The van der Waals surface area contributed by atoms with Crippen molar-refractivity contribution in [2.45, 2.75) is 45.1 Å². The van der Waals surface area contributed by atoms with Crippen LogP contribution in [0.25, 0.3) is 5.65 Å². The van der Waals surface area contributed by atoms with Crippen LogP contribution in [0.1, 0.15) is 58.5 Å². The van der Waals surface area contributed by atoms with E-state index in [4.69, 9.17) is 0 Å². The summed E-state index contributed by atoms with van der Waals surface area (Å²) in [5, 5.41) is 5.96. The lowest BCUT2D eigenvalue weighted by molar-refractivity contribution is 0.0922. The molecule has 4 rings (SSSR count). The van der Waals surface area contributed by atoms with Crippen molar-refractivity contribution in [2.24, 2.45) is 0 Å². The number of nitrogens with one attached hydrogen (secondary N) is 2. The molecule has 0 atom stereocenters. The summed E-state index contributed by atoms with van der Waals surface area (Å²) in [6.45, 7) is 1.96. The van der Waals surface area contributed by atoms with Gasteiger partial charge in [0.1, 0.15) is 5.65 Å². The normalized spacial score (nSPS) is 14.8. The molecule has 1 aliphatic rings. The first-order chi connectivity index (χ1) is 13.6. The average molecular weight is 376 g/mol. The van der Waals surface area contributed by atoms with E-state index in [2.05, 4.69) is 15.6 Å². The summed E-state index contributed by atoms with van der Waals surface area (Å²) in [4.78, 5) is 30.2. The van der Waals surface area contributed by atoms with E-state index in [0.717, 1.165) is 31.2 Å². The zero-order valence-electron chi connectivity index (χ0n) is 15.9. The molecule has 28 heavy (non-hydrogen) atoms. The number of rotatable bonds is 4. The Labute approximate surface area is 164 Å². The number of nitrogens with zero attached hydrogens (tertiary/aromatic N) is 2. The molecule has 0 spiro atoms. The number of fused-ring (bicyclic) bond motifs is 1. The summed E-state index contributed by atoms with van der Waals surface area (Å²) in [6.07, 6.45) is 7.35. The first-order valence-corrected chi connectivity index (χ1v) is 9.78. The van der Waals surface area contributed by atoms with E-state index in [-0.39, 0.29) is 23.7 Å². The van der Waals surface area contributed by atoms with E-state index < -0.39 is 0 Å². The molecule has 0 unspecified atom stereocenters. The summed E-state index contributed by atoms with van der Waals surface area (Å²) in [6, 6.07) is 12.9. The van der Waals surface area contributed by atoms with Crippen LogP contribution in [0.5, 0.6) is 0 Å². The summed E-state index contributed by atoms with van der Waals surface area (Å²) in [5.41, 5.74) is 2.53. The maximum absolute atomic E-state index is 13.1. The number of pyridine rings is 1. The first kappa shape index (κ1) is 18.2. The molecule has 2 heterocycles. The van der Waals surface area contributed by atoms with Crippen LogP contribution in [-0.4, -0.2) is 27.2 Å². The number of carbonyl (C=O) groups is 2.